The van der Waals surface area contributed by atoms with E-state index in [0.29, 0.717) is 0 Å². The molecule has 0 bridgehead atoms. The molecule has 0 saturated heterocycles. The predicted molar refractivity (Wildman–Crippen MR) is 209 cm³/mol. The van der Waals surface area contributed by atoms with E-state index in [1.54, 1.807) is 32.7 Å². The van der Waals surface area contributed by atoms with Gasteiger partial charge in [-0.05, 0) is 103 Å². The first-order valence-corrected chi connectivity index (χ1v) is 21.2. The normalized spacial score (nSPS) is 15.0. The zero-order valence-corrected chi connectivity index (χ0v) is 31.8. The molecule has 0 nitrogen and oxygen atoms in total. The van der Waals surface area contributed by atoms with Crippen molar-refractivity contribution in [3.63, 3.8) is 0 Å². The van der Waals surface area contributed by atoms with Crippen molar-refractivity contribution in [3.05, 3.63) is 129 Å². The fourth-order valence-corrected chi connectivity index (χ4v) is 13.2. The summed E-state index contributed by atoms with van der Waals surface area (Å²) in [6, 6.07) is 32.8. The van der Waals surface area contributed by atoms with Gasteiger partial charge in [0.05, 0.1) is 0 Å². The van der Waals surface area contributed by atoms with E-state index in [-0.39, 0.29) is 10.8 Å². The third-order valence-corrected chi connectivity index (χ3v) is 14.5. The Kier molecular flexibility index (Phi) is 8.94. The van der Waals surface area contributed by atoms with Gasteiger partial charge < -0.3 is 0 Å². The topological polar surface area (TPSA) is 0 Å². The molecule has 0 fully saturated rings. The van der Waals surface area contributed by atoms with Crippen molar-refractivity contribution in [2.45, 2.75) is 107 Å². The second-order valence-corrected chi connectivity index (χ2v) is 20.9. The summed E-state index contributed by atoms with van der Waals surface area (Å²) >= 11 is 0. The smallest absolute Gasteiger partial charge is 0.0651 e. The standard InChI is InChI=1S/C46H56Si/c1-11-19-31-21-13-15-25-35(31)37-27-17-23-33-29-39(45(3,4)5)43(41(33)37)47(9,10)44-40(46(6,7)8)30-34-24-18-28-38(42(34)44)36-26-16-14-22-32(36)20-12-2/h13-18,21-28H,11-12,19-20,29-30H2,1-10H3. The van der Waals surface area contributed by atoms with Crippen LogP contribution in [0.4, 0.5) is 0 Å². The van der Waals surface area contributed by atoms with Crippen LogP contribution in [0.3, 0.4) is 0 Å². The van der Waals surface area contributed by atoms with E-state index in [1.165, 1.54) is 44.5 Å². The Morgan fingerprint density at radius 2 is 0.851 bits per heavy atom. The molecule has 0 spiro atoms. The van der Waals surface area contributed by atoms with Crippen LogP contribution in [-0.4, -0.2) is 8.07 Å². The molecule has 6 rings (SSSR count). The Bertz CT molecular complexity index is 1740. The van der Waals surface area contributed by atoms with Gasteiger partial charge in [0.2, 0.25) is 0 Å². The van der Waals surface area contributed by atoms with Crippen LogP contribution in [0, 0.1) is 10.8 Å². The molecule has 2 aliphatic carbocycles. The average molecular weight is 637 g/mol. The Hall–Kier alpha value is -3.42. The van der Waals surface area contributed by atoms with Gasteiger partial charge in [-0.3, -0.25) is 0 Å². The van der Waals surface area contributed by atoms with Gasteiger partial charge in [0.15, 0.2) is 0 Å². The largest absolute Gasteiger partial charge is 0.113 e. The molecule has 0 radical (unpaired) electrons. The van der Waals surface area contributed by atoms with Crippen LogP contribution in [0.2, 0.25) is 13.1 Å². The van der Waals surface area contributed by atoms with Crippen molar-refractivity contribution in [1.29, 1.82) is 0 Å². The summed E-state index contributed by atoms with van der Waals surface area (Å²) in [6.07, 6.45) is 6.64. The second-order valence-electron chi connectivity index (χ2n) is 16.7. The molecular formula is C46H56Si. The molecule has 0 aromatic heterocycles. The molecule has 0 unspecified atom stereocenters. The molecule has 0 aliphatic heterocycles. The number of allylic oxidation sites excluding steroid dienone is 2. The lowest BCUT2D eigenvalue weighted by Crippen LogP contribution is -2.34. The highest BCUT2D eigenvalue weighted by Crippen LogP contribution is 2.57. The van der Waals surface area contributed by atoms with Crippen LogP contribution < -0.4 is 0 Å². The molecule has 0 heterocycles. The van der Waals surface area contributed by atoms with Gasteiger partial charge in [0, 0.05) is 0 Å². The highest BCUT2D eigenvalue weighted by Gasteiger charge is 2.46. The molecule has 1 heteroatoms. The van der Waals surface area contributed by atoms with Crippen molar-refractivity contribution in [3.8, 4) is 22.3 Å². The molecular weight excluding hydrogens is 581 g/mol. The highest BCUT2D eigenvalue weighted by molar-refractivity contribution is 7.09. The van der Waals surface area contributed by atoms with Crippen LogP contribution in [0.15, 0.2) is 96.1 Å². The van der Waals surface area contributed by atoms with Crippen molar-refractivity contribution >= 4 is 18.5 Å². The maximum absolute atomic E-state index is 2.70. The molecule has 2 aliphatic rings. The van der Waals surface area contributed by atoms with E-state index in [9.17, 15) is 0 Å². The number of hydrogen-bond acceptors (Lipinski definition) is 0. The van der Waals surface area contributed by atoms with Gasteiger partial charge in [-0.2, -0.15) is 0 Å². The van der Waals surface area contributed by atoms with Crippen molar-refractivity contribution < 1.29 is 0 Å². The summed E-state index contributed by atoms with van der Waals surface area (Å²) in [4.78, 5) is 0. The lowest BCUT2D eigenvalue weighted by atomic mass is 9.85. The highest BCUT2D eigenvalue weighted by atomic mass is 28.3. The van der Waals surface area contributed by atoms with Gasteiger partial charge in [0.25, 0.3) is 0 Å². The summed E-state index contributed by atoms with van der Waals surface area (Å²) in [5.41, 5.74) is 18.3. The van der Waals surface area contributed by atoms with Crippen LogP contribution in [-0.2, 0) is 25.7 Å². The zero-order valence-electron chi connectivity index (χ0n) is 30.8. The summed E-state index contributed by atoms with van der Waals surface area (Å²) in [7, 11) is -2.33. The third kappa shape index (κ3) is 5.95. The Labute approximate surface area is 287 Å². The fourth-order valence-electron chi connectivity index (χ4n) is 8.72. The Morgan fingerprint density at radius 1 is 0.489 bits per heavy atom. The molecule has 0 amide bonds. The first-order valence-electron chi connectivity index (χ1n) is 18.2. The monoisotopic (exact) mass is 636 g/mol. The average Bonchev–Trinajstić information content (AvgIpc) is 3.63. The zero-order chi connectivity index (χ0) is 33.7. The van der Waals surface area contributed by atoms with E-state index >= 15 is 0 Å². The summed E-state index contributed by atoms with van der Waals surface area (Å²) in [5, 5.41) is 3.39. The maximum atomic E-state index is 2.70. The van der Waals surface area contributed by atoms with E-state index in [1.807, 2.05) is 0 Å². The molecule has 244 valence electrons. The minimum atomic E-state index is -2.33. The van der Waals surface area contributed by atoms with Gasteiger partial charge in [-0.15, -0.1) is 0 Å². The van der Waals surface area contributed by atoms with Gasteiger partial charge in [-0.1, -0.05) is 177 Å². The van der Waals surface area contributed by atoms with E-state index in [0.717, 1.165) is 38.5 Å². The van der Waals surface area contributed by atoms with E-state index < -0.39 is 8.07 Å². The van der Waals surface area contributed by atoms with Crippen LogP contribution in [0.1, 0.15) is 102 Å². The number of benzene rings is 4. The number of aryl methyl sites for hydroxylation is 2. The Balaban J connectivity index is 1.68. The maximum Gasteiger partial charge on any atom is 0.113 e. The lowest BCUT2D eigenvalue weighted by molar-refractivity contribution is 0.497. The first-order chi connectivity index (χ1) is 22.3. The predicted octanol–water partition coefficient (Wildman–Crippen LogP) is 13.1. The molecule has 0 saturated carbocycles. The van der Waals surface area contributed by atoms with E-state index in [4.69, 9.17) is 0 Å². The quantitative estimate of drug-likeness (QED) is 0.169. The molecule has 0 N–H and O–H groups in total. The molecule has 47 heavy (non-hydrogen) atoms. The van der Waals surface area contributed by atoms with Crippen LogP contribution in [0.5, 0.6) is 0 Å². The molecule has 4 aromatic carbocycles. The van der Waals surface area contributed by atoms with Crippen molar-refractivity contribution in [1.82, 2.24) is 0 Å². The molecule has 0 atom stereocenters. The molecule has 4 aromatic rings. The number of fused-ring (bicyclic) bond motifs is 2. The summed E-state index contributed by atoms with van der Waals surface area (Å²) in [6.45, 7) is 24.7. The van der Waals surface area contributed by atoms with Crippen molar-refractivity contribution in [2.75, 3.05) is 0 Å². The van der Waals surface area contributed by atoms with Gasteiger partial charge in [0.1, 0.15) is 8.07 Å². The summed E-state index contributed by atoms with van der Waals surface area (Å²) in [5.74, 6) is 0. The van der Waals surface area contributed by atoms with Gasteiger partial charge >= 0.3 is 0 Å². The fraction of sp³-hybridized carbons (Fsp3) is 0.391. The number of rotatable bonds is 8. The Morgan fingerprint density at radius 3 is 1.21 bits per heavy atom. The van der Waals surface area contributed by atoms with E-state index in [2.05, 4.69) is 153 Å². The minimum absolute atomic E-state index is 0.0793. The lowest BCUT2D eigenvalue weighted by Gasteiger charge is -2.37. The van der Waals surface area contributed by atoms with Crippen LogP contribution in [0.25, 0.3) is 32.6 Å². The van der Waals surface area contributed by atoms with Crippen LogP contribution >= 0.6 is 0 Å². The second kappa shape index (κ2) is 12.6. The first kappa shape index (κ1) is 33.5. The van der Waals surface area contributed by atoms with Gasteiger partial charge in [-0.25, -0.2) is 0 Å². The third-order valence-electron chi connectivity index (χ3n) is 10.9. The number of hydrogen-bond donors (Lipinski definition) is 0. The van der Waals surface area contributed by atoms with Crippen molar-refractivity contribution in [2.24, 2.45) is 10.8 Å². The minimum Gasteiger partial charge on any atom is -0.0651 e. The SMILES string of the molecule is CCCc1ccccc1-c1cccc2c1C([Si](C)(C)C1=C(C(C)(C)C)Cc3cccc(-c4ccccc4CCC)c31)=C(C(C)(C)C)C2. The summed E-state index contributed by atoms with van der Waals surface area (Å²) < 4.78 is 0.